The molecule has 5 heteroatoms. The lowest BCUT2D eigenvalue weighted by molar-refractivity contribution is 0.925. The third-order valence-electron chi connectivity index (χ3n) is 5.74. The summed E-state index contributed by atoms with van der Waals surface area (Å²) in [5, 5.41) is 5.73. The average Bonchev–Trinajstić information content (AvgIpc) is 3.23. The van der Waals surface area contributed by atoms with Gasteiger partial charge in [0.25, 0.3) is 0 Å². The van der Waals surface area contributed by atoms with E-state index in [2.05, 4.69) is 86.7 Å². The minimum absolute atomic E-state index is 0.718. The summed E-state index contributed by atoms with van der Waals surface area (Å²) in [6.45, 7) is 10.6. The first kappa shape index (κ1) is 17.6. The zero-order chi connectivity index (χ0) is 20.3. The van der Waals surface area contributed by atoms with Gasteiger partial charge in [0.1, 0.15) is 6.33 Å². The Morgan fingerprint density at radius 3 is 2.24 bits per heavy atom. The molecule has 0 bridgehead atoms. The van der Waals surface area contributed by atoms with Gasteiger partial charge in [-0.25, -0.2) is 14.5 Å². The van der Waals surface area contributed by atoms with Crippen molar-refractivity contribution in [3.8, 4) is 17.1 Å². The second-order valence-corrected chi connectivity index (χ2v) is 7.85. The van der Waals surface area contributed by atoms with E-state index in [9.17, 15) is 0 Å². The molecule has 2 aromatic carbocycles. The molecular formula is C24H23N5. The normalized spacial score (nSPS) is 11.6. The van der Waals surface area contributed by atoms with Gasteiger partial charge in [0.15, 0.2) is 17.1 Å². The Balaban J connectivity index is 1.79. The lowest BCUT2D eigenvalue weighted by Gasteiger charge is -2.12. The Hall–Kier alpha value is -3.47. The Kier molecular flexibility index (Phi) is 3.81. The Morgan fingerprint density at radius 1 is 0.793 bits per heavy atom. The van der Waals surface area contributed by atoms with Crippen LogP contribution in [0.5, 0.6) is 0 Å². The largest absolute Gasteiger partial charge is 0.298 e. The number of hydrogen-bond acceptors (Lipinski definition) is 3. The molecule has 0 spiro atoms. The molecule has 0 aliphatic rings. The van der Waals surface area contributed by atoms with Gasteiger partial charge < -0.3 is 0 Å². The molecule has 0 saturated carbocycles. The third-order valence-corrected chi connectivity index (χ3v) is 5.74. The molecule has 144 valence electrons. The van der Waals surface area contributed by atoms with E-state index in [4.69, 9.17) is 9.97 Å². The van der Waals surface area contributed by atoms with E-state index in [0.717, 1.165) is 33.8 Å². The van der Waals surface area contributed by atoms with E-state index in [-0.39, 0.29) is 0 Å². The van der Waals surface area contributed by atoms with Crippen molar-refractivity contribution >= 4 is 16.7 Å². The van der Waals surface area contributed by atoms with Gasteiger partial charge in [-0.1, -0.05) is 47.5 Å². The van der Waals surface area contributed by atoms with E-state index < -0.39 is 0 Å². The van der Waals surface area contributed by atoms with Crippen molar-refractivity contribution < 1.29 is 0 Å². The molecule has 5 aromatic rings. The summed E-state index contributed by atoms with van der Waals surface area (Å²) in [5.74, 6) is 0.718. The summed E-state index contributed by atoms with van der Waals surface area (Å²) in [4.78, 5) is 9.66. The van der Waals surface area contributed by atoms with Crippen LogP contribution >= 0.6 is 0 Å². The van der Waals surface area contributed by atoms with Crippen LogP contribution in [-0.4, -0.2) is 24.1 Å². The van der Waals surface area contributed by atoms with Gasteiger partial charge in [0.2, 0.25) is 0 Å². The Labute approximate surface area is 169 Å². The topological polar surface area (TPSA) is 48.0 Å². The Morgan fingerprint density at radius 2 is 1.52 bits per heavy atom. The molecule has 3 heterocycles. The maximum Gasteiger partial charge on any atom is 0.182 e. The van der Waals surface area contributed by atoms with Gasteiger partial charge in [-0.3, -0.25) is 4.57 Å². The van der Waals surface area contributed by atoms with Crippen molar-refractivity contribution in [2.75, 3.05) is 0 Å². The molecule has 0 fully saturated rings. The number of aromatic nitrogens is 5. The molecule has 0 aliphatic heterocycles. The molecule has 5 rings (SSSR count). The highest BCUT2D eigenvalue weighted by atomic mass is 15.3. The summed E-state index contributed by atoms with van der Waals surface area (Å²) in [5.41, 5.74) is 9.99. The standard InChI is InChI=1S/C24H23N5/c1-14-6-9-19(10-7-14)22-26-24-21-17(4)18(5)29(23(21)25-13-28(24)27-22)20-11-8-15(2)12-16(20)3/h6-13H,1-5H3. The van der Waals surface area contributed by atoms with Crippen LogP contribution in [0.2, 0.25) is 0 Å². The molecule has 0 radical (unpaired) electrons. The first-order chi connectivity index (χ1) is 13.9. The van der Waals surface area contributed by atoms with Gasteiger partial charge >= 0.3 is 0 Å². The minimum atomic E-state index is 0.718. The highest BCUT2D eigenvalue weighted by Gasteiger charge is 2.20. The van der Waals surface area contributed by atoms with Gasteiger partial charge in [0.05, 0.1) is 11.1 Å². The summed E-state index contributed by atoms with van der Waals surface area (Å²) < 4.78 is 4.02. The van der Waals surface area contributed by atoms with Crippen LogP contribution in [0.1, 0.15) is 27.9 Å². The highest BCUT2D eigenvalue weighted by Crippen LogP contribution is 2.31. The Bertz CT molecular complexity index is 1390. The van der Waals surface area contributed by atoms with E-state index in [1.165, 1.54) is 27.9 Å². The summed E-state index contributed by atoms with van der Waals surface area (Å²) in [6.07, 6.45) is 1.77. The van der Waals surface area contributed by atoms with Crippen LogP contribution in [0.3, 0.4) is 0 Å². The molecule has 3 aromatic heterocycles. The van der Waals surface area contributed by atoms with Crippen molar-refractivity contribution in [2.45, 2.75) is 34.6 Å². The molecule has 0 amide bonds. The number of aryl methyl sites for hydroxylation is 4. The van der Waals surface area contributed by atoms with Gasteiger partial charge in [0, 0.05) is 11.3 Å². The molecular weight excluding hydrogens is 358 g/mol. The van der Waals surface area contributed by atoms with Gasteiger partial charge in [-0.05, 0) is 51.8 Å². The molecule has 5 nitrogen and oxygen atoms in total. The van der Waals surface area contributed by atoms with Gasteiger partial charge in [-0.15, -0.1) is 5.10 Å². The number of rotatable bonds is 2. The fourth-order valence-corrected chi connectivity index (χ4v) is 4.04. The van der Waals surface area contributed by atoms with E-state index in [1.54, 1.807) is 10.8 Å². The summed E-state index contributed by atoms with van der Waals surface area (Å²) in [6, 6.07) is 14.8. The van der Waals surface area contributed by atoms with Crippen molar-refractivity contribution in [2.24, 2.45) is 0 Å². The number of hydrogen-bond donors (Lipinski definition) is 0. The fraction of sp³-hybridized carbons (Fsp3) is 0.208. The smallest absolute Gasteiger partial charge is 0.182 e. The summed E-state index contributed by atoms with van der Waals surface area (Å²) in [7, 11) is 0. The average molecular weight is 381 g/mol. The molecule has 0 N–H and O–H groups in total. The molecule has 0 atom stereocenters. The SMILES string of the molecule is Cc1ccc(-c2nc3c4c(C)c(C)n(-c5ccc(C)cc5C)c4ncn3n2)cc1. The van der Waals surface area contributed by atoms with E-state index in [0.29, 0.717) is 0 Å². The predicted molar refractivity (Wildman–Crippen MR) is 117 cm³/mol. The number of nitrogens with zero attached hydrogens (tertiary/aromatic N) is 5. The van der Waals surface area contributed by atoms with Crippen LogP contribution in [0.4, 0.5) is 0 Å². The van der Waals surface area contributed by atoms with Crippen LogP contribution in [0.15, 0.2) is 48.8 Å². The number of fused-ring (bicyclic) bond motifs is 3. The second-order valence-electron chi connectivity index (χ2n) is 7.85. The monoisotopic (exact) mass is 381 g/mol. The van der Waals surface area contributed by atoms with Crippen molar-refractivity contribution in [1.29, 1.82) is 0 Å². The van der Waals surface area contributed by atoms with Crippen LogP contribution < -0.4 is 0 Å². The molecule has 0 aliphatic carbocycles. The number of benzene rings is 2. The van der Waals surface area contributed by atoms with Gasteiger partial charge in [-0.2, -0.15) is 0 Å². The van der Waals surface area contributed by atoms with Crippen LogP contribution in [-0.2, 0) is 0 Å². The quantitative estimate of drug-likeness (QED) is 0.418. The van der Waals surface area contributed by atoms with Crippen LogP contribution in [0, 0.1) is 34.6 Å². The fourth-order valence-electron chi connectivity index (χ4n) is 4.04. The van der Waals surface area contributed by atoms with Crippen LogP contribution in [0.25, 0.3) is 33.8 Å². The first-order valence-corrected chi connectivity index (χ1v) is 9.81. The zero-order valence-corrected chi connectivity index (χ0v) is 17.4. The summed E-state index contributed by atoms with van der Waals surface area (Å²) >= 11 is 0. The second kappa shape index (κ2) is 6.27. The molecule has 29 heavy (non-hydrogen) atoms. The maximum absolute atomic E-state index is 4.88. The molecule has 0 unspecified atom stereocenters. The predicted octanol–water partition coefficient (Wildman–Crippen LogP) is 5.28. The minimum Gasteiger partial charge on any atom is -0.298 e. The highest BCUT2D eigenvalue weighted by molar-refractivity contribution is 5.95. The van der Waals surface area contributed by atoms with E-state index >= 15 is 0 Å². The zero-order valence-electron chi connectivity index (χ0n) is 17.4. The lowest BCUT2D eigenvalue weighted by atomic mass is 10.1. The maximum atomic E-state index is 4.88. The first-order valence-electron chi connectivity index (χ1n) is 9.81. The van der Waals surface area contributed by atoms with Crippen molar-refractivity contribution in [3.63, 3.8) is 0 Å². The van der Waals surface area contributed by atoms with E-state index in [1.807, 2.05) is 0 Å². The lowest BCUT2D eigenvalue weighted by Crippen LogP contribution is -2.01. The third kappa shape index (κ3) is 2.65. The van der Waals surface area contributed by atoms with Crippen molar-refractivity contribution in [1.82, 2.24) is 24.1 Å². The van der Waals surface area contributed by atoms with Crippen molar-refractivity contribution in [3.05, 3.63) is 76.7 Å². The molecule has 0 saturated heterocycles.